The molecule has 0 saturated heterocycles. The zero-order valence-electron chi connectivity index (χ0n) is 12.7. The first-order valence-electron chi connectivity index (χ1n) is 7.30. The standard InChI is InChI=1S/C18H15N3O3/c22-16-8-4-7-14(9-16)17-19-10-15(11-20-17)21-18(23)24-12-13-5-2-1-3-6-13/h1-11,22H,12H2,(H,21,23). The average Bonchev–Trinajstić information content (AvgIpc) is 2.61. The summed E-state index contributed by atoms with van der Waals surface area (Å²) >= 11 is 0. The van der Waals surface area contributed by atoms with Crippen LogP contribution in [0.15, 0.2) is 67.0 Å². The number of phenols is 1. The highest BCUT2D eigenvalue weighted by Crippen LogP contribution is 2.20. The van der Waals surface area contributed by atoms with E-state index in [1.807, 2.05) is 30.3 Å². The number of anilines is 1. The molecule has 2 N–H and O–H groups in total. The van der Waals surface area contributed by atoms with Crippen molar-refractivity contribution in [2.75, 3.05) is 5.32 Å². The molecule has 6 nitrogen and oxygen atoms in total. The van der Waals surface area contributed by atoms with Gasteiger partial charge in [0, 0.05) is 5.56 Å². The van der Waals surface area contributed by atoms with Crippen LogP contribution < -0.4 is 5.32 Å². The van der Waals surface area contributed by atoms with E-state index in [9.17, 15) is 9.90 Å². The van der Waals surface area contributed by atoms with Gasteiger partial charge in [-0.3, -0.25) is 5.32 Å². The third-order valence-corrected chi connectivity index (χ3v) is 3.22. The fraction of sp³-hybridized carbons (Fsp3) is 0.0556. The van der Waals surface area contributed by atoms with Crippen LogP contribution in [0.3, 0.4) is 0 Å². The molecule has 0 atom stereocenters. The summed E-state index contributed by atoms with van der Waals surface area (Å²) in [6, 6.07) is 16.0. The first-order chi connectivity index (χ1) is 11.7. The van der Waals surface area contributed by atoms with Crippen molar-refractivity contribution < 1.29 is 14.6 Å². The number of ether oxygens (including phenoxy) is 1. The van der Waals surface area contributed by atoms with E-state index >= 15 is 0 Å². The van der Waals surface area contributed by atoms with E-state index in [0.29, 0.717) is 17.1 Å². The Hall–Kier alpha value is -3.41. The van der Waals surface area contributed by atoms with E-state index in [2.05, 4.69) is 15.3 Å². The van der Waals surface area contributed by atoms with Gasteiger partial charge in [-0.05, 0) is 17.7 Å². The van der Waals surface area contributed by atoms with E-state index in [0.717, 1.165) is 5.56 Å². The predicted octanol–water partition coefficient (Wildman–Crippen LogP) is 3.60. The summed E-state index contributed by atoms with van der Waals surface area (Å²) in [5.41, 5.74) is 2.02. The van der Waals surface area contributed by atoms with Gasteiger partial charge < -0.3 is 9.84 Å². The number of carbonyl (C=O) groups is 1. The van der Waals surface area contributed by atoms with Crippen molar-refractivity contribution >= 4 is 11.8 Å². The Morgan fingerprint density at radius 1 is 1.04 bits per heavy atom. The Morgan fingerprint density at radius 3 is 2.50 bits per heavy atom. The molecule has 1 amide bonds. The van der Waals surface area contributed by atoms with Gasteiger partial charge in [-0.2, -0.15) is 0 Å². The van der Waals surface area contributed by atoms with Gasteiger partial charge in [0.05, 0.1) is 18.1 Å². The van der Waals surface area contributed by atoms with Crippen LogP contribution >= 0.6 is 0 Å². The maximum absolute atomic E-state index is 11.8. The second-order valence-corrected chi connectivity index (χ2v) is 5.03. The lowest BCUT2D eigenvalue weighted by molar-refractivity contribution is 0.155. The molecule has 3 aromatic rings. The van der Waals surface area contributed by atoms with Crippen LogP contribution in [0.2, 0.25) is 0 Å². The van der Waals surface area contributed by atoms with Gasteiger partial charge in [-0.15, -0.1) is 0 Å². The minimum Gasteiger partial charge on any atom is -0.508 e. The van der Waals surface area contributed by atoms with Crippen LogP contribution in [0, 0.1) is 0 Å². The number of hydrogen-bond acceptors (Lipinski definition) is 5. The quantitative estimate of drug-likeness (QED) is 0.767. The summed E-state index contributed by atoms with van der Waals surface area (Å²) < 4.78 is 5.12. The van der Waals surface area contributed by atoms with Crippen LogP contribution in [0.25, 0.3) is 11.4 Å². The van der Waals surface area contributed by atoms with Crippen LogP contribution in [-0.4, -0.2) is 21.2 Å². The number of nitrogens with zero attached hydrogens (tertiary/aromatic N) is 2. The van der Waals surface area contributed by atoms with Gasteiger partial charge in [-0.1, -0.05) is 42.5 Å². The topological polar surface area (TPSA) is 84.3 Å². The largest absolute Gasteiger partial charge is 0.508 e. The van der Waals surface area contributed by atoms with Crippen molar-refractivity contribution in [3.8, 4) is 17.1 Å². The summed E-state index contributed by atoms with van der Waals surface area (Å²) in [6.07, 6.45) is 2.39. The smallest absolute Gasteiger partial charge is 0.412 e. The summed E-state index contributed by atoms with van der Waals surface area (Å²) in [7, 11) is 0. The van der Waals surface area contributed by atoms with Crippen LogP contribution in [0.5, 0.6) is 5.75 Å². The van der Waals surface area contributed by atoms with Crippen molar-refractivity contribution in [3.05, 3.63) is 72.6 Å². The van der Waals surface area contributed by atoms with Crippen LogP contribution in [0.1, 0.15) is 5.56 Å². The number of carbonyl (C=O) groups excluding carboxylic acids is 1. The van der Waals surface area contributed by atoms with Gasteiger partial charge in [-0.25, -0.2) is 14.8 Å². The minimum absolute atomic E-state index is 0.141. The first kappa shape index (κ1) is 15.5. The van der Waals surface area contributed by atoms with Gasteiger partial charge in [0.15, 0.2) is 5.82 Å². The molecule has 3 rings (SSSR count). The highest BCUT2D eigenvalue weighted by atomic mass is 16.5. The highest BCUT2D eigenvalue weighted by Gasteiger charge is 2.06. The molecule has 1 heterocycles. The molecule has 1 aromatic heterocycles. The number of amides is 1. The first-order valence-corrected chi connectivity index (χ1v) is 7.30. The third-order valence-electron chi connectivity index (χ3n) is 3.22. The molecule has 2 aromatic carbocycles. The fourth-order valence-electron chi connectivity index (χ4n) is 2.06. The van der Waals surface area contributed by atoms with Crippen molar-refractivity contribution in [2.24, 2.45) is 0 Å². The summed E-state index contributed by atoms with van der Waals surface area (Å²) in [6.45, 7) is 0.189. The van der Waals surface area contributed by atoms with Crippen molar-refractivity contribution in [1.82, 2.24) is 9.97 Å². The minimum atomic E-state index is -0.576. The van der Waals surface area contributed by atoms with E-state index in [-0.39, 0.29) is 12.4 Å². The highest BCUT2D eigenvalue weighted by molar-refractivity contribution is 5.84. The maximum atomic E-state index is 11.8. The predicted molar refractivity (Wildman–Crippen MR) is 89.4 cm³/mol. The molecule has 0 saturated carbocycles. The number of hydrogen-bond donors (Lipinski definition) is 2. The van der Waals surface area contributed by atoms with E-state index < -0.39 is 6.09 Å². The lowest BCUT2D eigenvalue weighted by atomic mass is 10.2. The monoisotopic (exact) mass is 321 g/mol. The molecule has 0 spiro atoms. The zero-order valence-corrected chi connectivity index (χ0v) is 12.7. The van der Waals surface area contributed by atoms with Crippen LogP contribution in [-0.2, 0) is 11.3 Å². The van der Waals surface area contributed by atoms with Crippen molar-refractivity contribution in [2.45, 2.75) is 6.61 Å². The summed E-state index contributed by atoms with van der Waals surface area (Å²) in [5.74, 6) is 0.594. The van der Waals surface area contributed by atoms with Gasteiger partial charge >= 0.3 is 6.09 Å². The Labute approximate surface area is 138 Å². The van der Waals surface area contributed by atoms with Gasteiger partial charge in [0.2, 0.25) is 0 Å². The van der Waals surface area contributed by atoms with Gasteiger partial charge in [0.25, 0.3) is 0 Å². The Bertz CT molecular complexity index is 820. The van der Waals surface area contributed by atoms with E-state index in [1.54, 1.807) is 24.3 Å². The molecule has 120 valence electrons. The van der Waals surface area contributed by atoms with E-state index in [4.69, 9.17) is 4.74 Å². The fourth-order valence-corrected chi connectivity index (χ4v) is 2.06. The van der Waals surface area contributed by atoms with Gasteiger partial charge in [0.1, 0.15) is 12.4 Å². The summed E-state index contributed by atoms with van der Waals surface area (Å²) in [4.78, 5) is 20.1. The second-order valence-electron chi connectivity index (χ2n) is 5.03. The number of rotatable bonds is 4. The number of aromatic nitrogens is 2. The zero-order chi connectivity index (χ0) is 16.8. The SMILES string of the molecule is O=C(Nc1cnc(-c2cccc(O)c2)nc1)OCc1ccccc1. The molecular formula is C18H15N3O3. The number of phenolic OH excluding ortho intramolecular Hbond substituents is 1. The normalized spacial score (nSPS) is 10.2. The molecule has 0 radical (unpaired) electrons. The lowest BCUT2D eigenvalue weighted by Gasteiger charge is -2.07. The van der Waals surface area contributed by atoms with Crippen LogP contribution in [0.4, 0.5) is 10.5 Å². The second kappa shape index (κ2) is 7.23. The number of benzene rings is 2. The molecule has 6 heteroatoms. The molecule has 0 fully saturated rings. The molecule has 0 aliphatic rings. The molecule has 0 bridgehead atoms. The lowest BCUT2D eigenvalue weighted by Crippen LogP contribution is -2.14. The van der Waals surface area contributed by atoms with Crippen molar-refractivity contribution in [3.63, 3.8) is 0 Å². The number of aromatic hydroxyl groups is 1. The molecule has 24 heavy (non-hydrogen) atoms. The molecule has 0 aliphatic carbocycles. The average molecular weight is 321 g/mol. The summed E-state index contributed by atoms with van der Waals surface area (Å²) in [5, 5.41) is 12.0. The molecule has 0 aliphatic heterocycles. The number of nitrogens with one attached hydrogen (secondary N) is 1. The van der Waals surface area contributed by atoms with E-state index in [1.165, 1.54) is 12.4 Å². The molecular weight excluding hydrogens is 306 g/mol. The van der Waals surface area contributed by atoms with Crippen molar-refractivity contribution in [1.29, 1.82) is 0 Å². The third kappa shape index (κ3) is 4.07. The maximum Gasteiger partial charge on any atom is 0.412 e. The Kier molecular flexibility index (Phi) is 4.67. The molecule has 0 unspecified atom stereocenters. The Morgan fingerprint density at radius 2 is 1.79 bits per heavy atom. The Balaban J connectivity index is 1.58.